The van der Waals surface area contributed by atoms with Gasteiger partial charge < -0.3 is 4.90 Å². The van der Waals surface area contributed by atoms with Gasteiger partial charge in [0.05, 0.1) is 10.0 Å². The van der Waals surface area contributed by atoms with E-state index in [1.807, 2.05) is 6.07 Å². The zero-order valence-electron chi connectivity index (χ0n) is 8.97. The van der Waals surface area contributed by atoms with Crippen molar-refractivity contribution in [1.29, 1.82) is 5.41 Å². The maximum atomic E-state index is 8.12. The molecule has 0 aliphatic carbocycles. The fourth-order valence-electron chi connectivity index (χ4n) is 1.94. The molecule has 0 radical (unpaired) electrons. The van der Waals surface area contributed by atoms with Crippen LogP contribution in [0.2, 0.25) is 10.0 Å². The van der Waals surface area contributed by atoms with Crippen LogP contribution in [-0.4, -0.2) is 23.8 Å². The lowest BCUT2D eigenvalue weighted by atomic mass is 10.1. The molecule has 0 amide bonds. The number of nitrogens with one attached hydrogen (secondary N) is 1. The third-order valence-corrected chi connectivity index (χ3v) is 3.60. The third-order valence-electron chi connectivity index (χ3n) is 2.87. The van der Waals surface area contributed by atoms with E-state index in [0.717, 1.165) is 18.7 Å². The molecular formula is C12H14Cl2N2. The van der Waals surface area contributed by atoms with Crippen LogP contribution in [0, 0.1) is 5.41 Å². The molecule has 16 heavy (non-hydrogen) atoms. The van der Waals surface area contributed by atoms with Crippen LogP contribution in [0.25, 0.3) is 0 Å². The molecule has 1 aromatic carbocycles. The van der Waals surface area contributed by atoms with Gasteiger partial charge in [0, 0.05) is 18.7 Å². The fourth-order valence-corrected chi connectivity index (χ4v) is 2.24. The summed E-state index contributed by atoms with van der Waals surface area (Å²) in [5.41, 5.74) is 0.844. The highest BCUT2D eigenvalue weighted by atomic mass is 35.5. The predicted octanol–water partition coefficient (Wildman–Crippen LogP) is 3.80. The molecular weight excluding hydrogens is 243 g/mol. The van der Waals surface area contributed by atoms with Gasteiger partial charge in [0.25, 0.3) is 0 Å². The third kappa shape index (κ3) is 2.50. The lowest BCUT2D eigenvalue weighted by Crippen LogP contribution is -2.35. The monoisotopic (exact) mass is 256 g/mol. The summed E-state index contributed by atoms with van der Waals surface area (Å²) in [6.45, 7) is 1.94. The van der Waals surface area contributed by atoms with Crippen molar-refractivity contribution in [2.45, 2.75) is 19.3 Å². The summed E-state index contributed by atoms with van der Waals surface area (Å²) in [6, 6.07) is 5.36. The average molecular weight is 257 g/mol. The summed E-state index contributed by atoms with van der Waals surface area (Å²) in [6.07, 6.45) is 3.61. The second kappa shape index (κ2) is 5.07. The van der Waals surface area contributed by atoms with Crippen molar-refractivity contribution in [1.82, 2.24) is 4.90 Å². The van der Waals surface area contributed by atoms with Crippen molar-refractivity contribution in [3.63, 3.8) is 0 Å². The summed E-state index contributed by atoms with van der Waals surface area (Å²) in [5.74, 6) is 0.554. The molecule has 1 N–H and O–H groups in total. The summed E-state index contributed by atoms with van der Waals surface area (Å²) in [7, 11) is 0. The van der Waals surface area contributed by atoms with Gasteiger partial charge in [0.1, 0.15) is 5.84 Å². The number of hydrogen-bond donors (Lipinski definition) is 1. The van der Waals surface area contributed by atoms with Gasteiger partial charge in [-0.15, -0.1) is 0 Å². The molecule has 0 bridgehead atoms. The van der Waals surface area contributed by atoms with Crippen LogP contribution < -0.4 is 0 Å². The second-order valence-electron chi connectivity index (χ2n) is 4.03. The average Bonchev–Trinajstić information content (AvgIpc) is 2.33. The van der Waals surface area contributed by atoms with Crippen LogP contribution in [-0.2, 0) is 0 Å². The minimum atomic E-state index is 0.515. The van der Waals surface area contributed by atoms with Gasteiger partial charge in [-0.2, -0.15) is 0 Å². The standard InChI is InChI=1S/C12H14Cl2N2/c13-10-5-4-9(8-11(10)14)12(15)16-6-2-1-3-7-16/h4-5,8,15H,1-3,6-7H2. The van der Waals surface area contributed by atoms with Crippen molar-refractivity contribution in [2.24, 2.45) is 0 Å². The highest BCUT2D eigenvalue weighted by molar-refractivity contribution is 6.42. The molecule has 0 aromatic heterocycles. The Hall–Kier alpha value is -0.730. The van der Waals surface area contributed by atoms with Crippen LogP contribution >= 0.6 is 23.2 Å². The fraction of sp³-hybridized carbons (Fsp3) is 0.417. The highest BCUT2D eigenvalue weighted by Gasteiger charge is 2.15. The van der Waals surface area contributed by atoms with Crippen LogP contribution in [0.4, 0.5) is 0 Å². The Labute approximate surface area is 106 Å². The van der Waals surface area contributed by atoms with Gasteiger partial charge in [-0.05, 0) is 37.5 Å². The van der Waals surface area contributed by atoms with E-state index < -0.39 is 0 Å². The number of rotatable bonds is 1. The summed E-state index contributed by atoms with van der Waals surface area (Å²) in [5, 5.41) is 9.17. The topological polar surface area (TPSA) is 27.1 Å². The first-order valence-electron chi connectivity index (χ1n) is 5.47. The van der Waals surface area contributed by atoms with E-state index in [0.29, 0.717) is 15.9 Å². The zero-order valence-corrected chi connectivity index (χ0v) is 10.5. The van der Waals surface area contributed by atoms with Gasteiger partial charge in [-0.1, -0.05) is 23.2 Å². The summed E-state index contributed by atoms with van der Waals surface area (Å²) in [4.78, 5) is 2.10. The van der Waals surface area contributed by atoms with Crippen LogP contribution in [0.1, 0.15) is 24.8 Å². The van der Waals surface area contributed by atoms with Gasteiger partial charge in [-0.25, -0.2) is 0 Å². The predicted molar refractivity (Wildman–Crippen MR) is 68.7 cm³/mol. The van der Waals surface area contributed by atoms with Crippen LogP contribution in [0.5, 0.6) is 0 Å². The molecule has 1 fully saturated rings. The Bertz CT molecular complexity index is 398. The van der Waals surface area contributed by atoms with E-state index in [4.69, 9.17) is 28.6 Å². The maximum absolute atomic E-state index is 8.12. The largest absolute Gasteiger partial charge is 0.357 e. The Morgan fingerprint density at radius 3 is 2.38 bits per heavy atom. The molecule has 1 aliphatic rings. The van der Waals surface area contributed by atoms with E-state index in [-0.39, 0.29) is 0 Å². The highest BCUT2D eigenvalue weighted by Crippen LogP contribution is 2.23. The van der Waals surface area contributed by atoms with Crippen molar-refractivity contribution < 1.29 is 0 Å². The summed E-state index contributed by atoms with van der Waals surface area (Å²) >= 11 is 11.8. The molecule has 0 unspecified atom stereocenters. The minimum Gasteiger partial charge on any atom is -0.357 e. The molecule has 4 heteroatoms. The van der Waals surface area contributed by atoms with Crippen molar-refractivity contribution in [3.8, 4) is 0 Å². The van der Waals surface area contributed by atoms with Gasteiger partial charge in [0.15, 0.2) is 0 Å². The Kier molecular flexibility index (Phi) is 3.72. The Balaban J connectivity index is 2.16. The maximum Gasteiger partial charge on any atom is 0.128 e. The number of piperidine rings is 1. The SMILES string of the molecule is N=C(c1ccc(Cl)c(Cl)c1)N1CCCCC1. The van der Waals surface area contributed by atoms with E-state index >= 15 is 0 Å². The molecule has 0 saturated carbocycles. The molecule has 2 rings (SSSR count). The minimum absolute atomic E-state index is 0.515. The number of benzene rings is 1. The van der Waals surface area contributed by atoms with E-state index in [9.17, 15) is 0 Å². The Morgan fingerprint density at radius 2 is 1.75 bits per heavy atom. The van der Waals surface area contributed by atoms with Gasteiger partial charge in [-0.3, -0.25) is 5.41 Å². The first kappa shape index (κ1) is 11.7. The van der Waals surface area contributed by atoms with Crippen LogP contribution in [0.3, 0.4) is 0 Å². The zero-order chi connectivity index (χ0) is 11.5. The van der Waals surface area contributed by atoms with Gasteiger partial charge in [0.2, 0.25) is 0 Å². The molecule has 86 valence electrons. The second-order valence-corrected chi connectivity index (χ2v) is 4.84. The molecule has 0 atom stereocenters. The first-order valence-corrected chi connectivity index (χ1v) is 6.23. The lowest BCUT2D eigenvalue weighted by molar-refractivity contribution is 0.341. The van der Waals surface area contributed by atoms with E-state index in [2.05, 4.69) is 4.90 Å². The number of amidine groups is 1. The molecule has 2 nitrogen and oxygen atoms in total. The molecule has 0 spiro atoms. The van der Waals surface area contributed by atoms with Crippen molar-refractivity contribution in [3.05, 3.63) is 33.8 Å². The molecule has 1 heterocycles. The lowest BCUT2D eigenvalue weighted by Gasteiger charge is -2.29. The Morgan fingerprint density at radius 1 is 1.06 bits per heavy atom. The molecule has 1 aliphatic heterocycles. The number of hydrogen-bond acceptors (Lipinski definition) is 1. The number of nitrogens with zero attached hydrogens (tertiary/aromatic N) is 1. The number of halogens is 2. The smallest absolute Gasteiger partial charge is 0.128 e. The summed E-state index contributed by atoms with van der Waals surface area (Å²) < 4.78 is 0. The quantitative estimate of drug-likeness (QED) is 0.601. The van der Waals surface area contributed by atoms with Crippen molar-refractivity contribution in [2.75, 3.05) is 13.1 Å². The molecule has 1 saturated heterocycles. The van der Waals surface area contributed by atoms with Gasteiger partial charge >= 0.3 is 0 Å². The van der Waals surface area contributed by atoms with E-state index in [1.54, 1.807) is 12.1 Å². The molecule has 1 aromatic rings. The first-order chi connectivity index (χ1) is 7.68. The van der Waals surface area contributed by atoms with Crippen LogP contribution in [0.15, 0.2) is 18.2 Å². The normalized spacial score (nSPS) is 16.2. The van der Waals surface area contributed by atoms with E-state index in [1.165, 1.54) is 19.3 Å². The number of likely N-dealkylation sites (tertiary alicyclic amines) is 1. The van der Waals surface area contributed by atoms with Crippen molar-refractivity contribution >= 4 is 29.0 Å².